The van der Waals surface area contributed by atoms with Gasteiger partial charge in [-0.25, -0.2) is 12.8 Å². The van der Waals surface area contributed by atoms with Gasteiger partial charge in [-0.15, -0.1) is 0 Å². The number of nitrogens with two attached hydrogens (primary N) is 1. The minimum absolute atomic E-state index is 0.0735. The second-order valence-electron chi connectivity index (χ2n) is 3.29. The summed E-state index contributed by atoms with van der Waals surface area (Å²) in [7, 11) is -2.13. The van der Waals surface area contributed by atoms with Gasteiger partial charge in [-0.2, -0.15) is 0 Å². The zero-order valence-corrected chi connectivity index (χ0v) is 9.71. The number of hydrogen-bond donors (Lipinski definition) is 1. The van der Waals surface area contributed by atoms with E-state index in [1.807, 2.05) is 0 Å². The number of hydrogen-bond acceptors (Lipinski definition) is 4. The minimum atomic E-state index is -3.61. The van der Waals surface area contributed by atoms with Crippen LogP contribution in [-0.4, -0.2) is 34.0 Å². The molecule has 0 amide bonds. The molecule has 2 N–H and O–H groups in total. The zero-order chi connectivity index (χ0) is 12.2. The van der Waals surface area contributed by atoms with Gasteiger partial charge in [-0.1, -0.05) is 0 Å². The molecule has 1 aromatic rings. The molecule has 1 rings (SSSR count). The van der Waals surface area contributed by atoms with Crippen LogP contribution in [0.2, 0.25) is 0 Å². The van der Waals surface area contributed by atoms with Crippen molar-refractivity contribution in [2.24, 2.45) is 5.73 Å². The molecule has 0 saturated carbocycles. The Hall–Kier alpha value is -1.14. The molecule has 1 atom stereocenters. The van der Waals surface area contributed by atoms with E-state index in [0.29, 0.717) is 5.75 Å². The third-order valence-electron chi connectivity index (χ3n) is 2.07. The molecule has 0 aliphatic rings. The summed E-state index contributed by atoms with van der Waals surface area (Å²) in [5, 5.41) is 0. The van der Waals surface area contributed by atoms with Gasteiger partial charge in [0.2, 0.25) is 0 Å². The van der Waals surface area contributed by atoms with Gasteiger partial charge in [0, 0.05) is 6.54 Å². The smallest absolute Gasteiger partial charge is 0.181 e. The summed E-state index contributed by atoms with van der Waals surface area (Å²) in [6.45, 7) is -0.296. The normalized spacial score (nSPS) is 13.4. The highest BCUT2D eigenvalue weighted by atomic mass is 32.2. The lowest BCUT2D eigenvalue weighted by molar-refractivity contribution is 0.370. The Morgan fingerprint density at radius 1 is 1.38 bits per heavy atom. The summed E-state index contributed by atoms with van der Waals surface area (Å²) in [4.78, 5) is 0.0735. The molecule has 0 aliphatic carbocycles. The Bertz CT molecular complexity index is 430. The summed E-state index contributed by atoms with van der Waals surface area (Å²) in [5.41, 5.74) is 5.04. The molecule has 0 aromatic heterocycles. The molecule has 0 spiro atoms. The van der Waals surface area contributed by atoms with Crippen molar-refractivity contribution in [1.82, 2.24) is 0 Å². The highest BCUT2D eigenvalue weighted by Crippen LogP contribution is 2.17. The molecule has 0 bridgehead atoms. The maximum Gasteiger partial charge on any atom is 0.181 e. The van der Waals surface area contributed by atoms with Gasteiger partial charge >= 0.3 is 0 Å². The molecular weight excluding hydrogens is 233 g/mol. The zero-order valence-electron chi connectivity index (χ0n) is 8.89. The van der Waals surface area contributed by atoms with E-state index in [0.717, 1.165) is 0 Å². The fraction of sp³-hybridized carbons (Fsp3) is 0.400. The summed E-state index contributed by atoms with van der Waals surface area (Å²) in [6.07, 6.45) is -1.54. The van der Waals surface area contributed by atoms with E-state index in [-0.39, 0.29) is 11.4 Å². The predicted molar refractivity (Wildman–Crippen MR) is 59.0 cm³/mol. The Morgan fingerprint density at radius 2 is 1.94 bits per heavy atom. The molecule has 1 aromatic carbocycles. The van der Waals surface area contributed by atoms with Gasteiger partial charge in [-0.3, -0.25) is 0 Å². The summed E-state index contributed by atoms with van der Waals surface area (Å²) < 4.78 is 41.2. The molecule has 1 unspecified atom stereocenters. The molecule has 0 aliphatic heterocycles. The first-order valence-corrected chi connectivity index (χ1v) is 6.36. The number of halogens is 1. The molecular formula is C10H14FNO3S. The van der Waals surface area contributed by atoms with Crippen LogP contribution in [0.1, 0.15) is 0 Å². The second kappa shape index (κ2) is 5.27. The third kappa shape index (κ3) is 3.18. The van der Waals surface area contributed by atoms with Crippen molar-refractivity contribution in [1.29, 1.82) is 0 Å². The van der Waals surface area contributed by atoms with E-state index < -0.39 is 21.8 Å². The first-order chi connectivity index (χ1) is 7.49. The molecule has 90 valence electrons. The van der Waals surface area contributed by atoms with Gasteiger partial charge in [0.1, 0.15) is 11.9 Å². The maximum absolute atomic E-state index is 12.9. The van der Waals surface area contributed by atoms with Crippen LogP contribution in [0, 0.1) is 0 Å². The van der Waals surface area contributed by atoms with Crippen LogP contribution in [0.3, 0.4) is 0 Å². The van der Waals surface area contributed by atoms with E-state index in [2.05, 4.69) is 0 Å². The fourth-order valence-electron chi connectivity index (χ4n) is 1.19. The number of alkyl halides is 1. The van der Waals surface area contributed by atoms with Gasteiger partial charge in [0.15, 0.2) is 9.84 Å². The maximum atomic E-state index is 12.9. The molecule has 6 heteroatoms. The Balaban J connectivity index is 2.90. The SMILES string of the molecule is COc1ccc(S(=O)(=O)CC(F)CN)cc1. The first kappa shape index (κ1) is 12.9. The Labute approximate surface area is 94.1 Å². The van der Waals surface area contributed by atoms with Gasteiger partial charge < -0.3 is 10.5 Å². The van der Waals surface area contributed by atoms with E-state index >= 15 is 0 Å². The predicted octanol–water partition coefficient (Wildman–Crippen LogP) is 0.766. The number of sulfone groups is 1. The monoisotopic (exact) mass is 247 g/mol. The van der Waals surface area contributed by atoms with E-state index in [1.54, 1.807) is 0 Å². The molecule has 0 heterocycles. The summed E-state index contributed by atoms with van der Waals surface area (Å²) >= 11 is 0. The lowest BCUT2D eigenvalue weighted by Gasteiger charge is -2.07. The number of benzene rings is 1. The average Bonchev–Trinajstić information content (AvgIpc) is 2.28. The average molecular weight is 247 g/mol. The highest BCUT2D eigenvalue weighted by molar-refractivity contribution is 7.91. The molecule has 0 radical (unpaired) electrons. The number of ether oxygens (including phenoxy) is 1. The number of rotatable bonds is 5. The molecule has 0 saturated heterocycles. The first-order valence-electron chi connectivity index (χ1n) is 4.70. The van der Waals surface area contributed by atoms with Crippen molar-refractivity contribution in [2.75, 3.05) is 19.4 Å². The summed E-state index contributed by atoms with van der Waals surface area (Å²) in [5.74, 6) is -0.0369. The number of methoxy groups -OCH3 is 1. The van der Waals surface area contributed by atoms with Crippen LogP contribution >= 0.6 is 0 Å². The molecule has 0 fully saturated rings. The van der Waals surface area contributed by atoms with E-state index in [4.69, 9.17) is 10.5 Å². The Kier molecular flexibility index (Phi) is 4.26. The minimum Gasteiger partial charge on any atom is -0.497 e. The van der Waals surface area contributed by atoms with Crippen molar-refractivity contribution < 1.29 is 17.5 Å². The quantitative estimate of drug-likeness (QED) is 0.834. The van der Waals surface area contributed by atoms with Gasteiger partial charge in [0.05, 0.1) is 17.8 Å². The van der Waals surface area contributed by atoms with Crippen LogP contribution in [-0.2, 0) is 9.84 Å². The van der Waals surface area contributed by atoms with Crippen LogP contribution in [0.15, 0.2) is 29.2 Å². The van der Waals surface area contributed by atoms with Crippen LogP contribution in [0.5, 0.6) is 5.75 Å². The van der Waals surface area contributed by atoms with Gasteiger partial charge in [-0.05, 0) is 24.3 Å². The van der Waals surface area contributed by atoms with Crippen molar-refractivity contribution in [2.45, 2.75) is 11.1 Å². The lowest BCUT2D eigenvalue weighted by Crippen LogP contribution is -2.24. The van der Waals surface area contributed by atoms with Gasteiger partial charge in [0.25, 0.3) is 0 Å². The second-order valence-corrected chi connectivity index (χ2v) is 5.32. The van der Waals surface area contributed by atoms with Crippen molar-refractivity contribution in [3.8, 4) is 5.75 Å². The highest BCUT2D eigenvalue weighted by Gasteiger charge is 2.19. The fourth-order valence-corrected chi connectivity index (χ4v) is 2.54. The Morgan fingerprint density at radius 3 is 2.38 bits per heavy atom. The molecule has 4 nitrogen and oxygen atoms in total. The van der Waals surface area contributed by atoms with Crippen LogP contribution < -0.4 is 10.5 Å². The standard InChI is InChI=1S/C10H14FNO3S/c1-15-9-2-4-10(5-3-9)16(13,14)7-8(11)6-12/h2-5,8H,6-7,12H2,1H3. The van der Waals surface area contributed by atoms with E-state index in [1.165, 1.54) is 31.4 Å². The molecule has 16 heavy (non-hydrogen) atoms. The van der Waals surface area contributed by atoms with Crippen LogP contribution in [0.4, 0.5) is 4.39 Å². The third-order valence-corrected chi connectivity index (χ3v) is 3.87. The lowest BCUT2D eigenvalue weighted by atomic mass is 10.3. The van der Waals surface area contributed by atoms with Crippen molar-refractivity contribution >= 4 is 9.84 Å². The van der Waals surface area contributed by atoms with Crippen molar-refractivity contribution in [3.05, 3.63) is 24.3 Å². The largest absolute Gasteiger partial charge is 0.497 e. The topological polar surface area (TPSA) is 69.4 Å². The summed E-state index contributed by atoms with van der Waals surface area (Å²) in [6, 6.07) is 5.81. The van der Waals surface area contributed by atoms with E-state index in [9.17, 15) is 12.8 Å². The van der Waals surface area contributed by atoms with Crippen molar-refractivity contribution in [3.63, 3.8) is 0 Å². The van der Waals surface area contributed by atoms with Crippen LogP contribution in [0.25, 0.3) is 0 Å².